The monoisotopic (exact) mass is 319 g/mol. The molecule has 0 radical (unpaired) electrons. The van der Waals surface area contributed by atoms with Crippen molar-refractivity contribution in [3.8, 4) is 0 Å². The Labute approximate surface area is 134 Å². The SMILES string of the molecule is CN1CC[C@]23C4=C5O[C@H]2C(O)(O)C=C[C@H]3[C@H]1CC4=CCC5(O)O. The molecule has 2 fully saturated rings. The van der Waals surface area contributed by atoms with Gasteiger partial charge in [0.25, 0.3) is 0 Å². The lowest BCUT2D eigenvalue weighted by Gasteiger charge is -2.59. The smallest absolute Gasteiger partial charge is 0.226 e. The zero-order chi connectivity index (χ0) is 16.2. The average molecular weight is 319 g/mol. The minimum absolute atomic E-state index is 0.0718. The Morgan fingerprint density at radius 2 is 2.04 bits per heavy atom. The lowest BCUT2D eigenvalue weighted by atomic mass is 9.50. The third kappa shape index (κ3) is 1.47. The third-order valence-electron chi connectivity index (χ3n) is 6.53. The van der Waals surface area contributed by atoms with Gasteiger partial charge in [-0.2, -0.15) is 0 Å². The molecule has 1 saturated heterocycles. The Morgan fingerprint density at radius 3 is 2.83 bits per heavy atom. The van der Waals surface area contributed by atoms with Crippen molar-refractivity contribution in [2.45, 2.75) is 43.0 Å². The zero-order valence-electron chi connectivity index (χ0n) is 12.9. The average Bonchev–Trinajstić information content (AvgIpc) is 2.84. The van der Waals surface area contributed by atoms with Crippen molar-refractivity contribution in [3.63, 3.8) is 0 Å². The van der Waals surface area contributed by atoms with Gasteiger partial charge in [-0.3, -0.25) is 0 Å². The largest absolute Gasteiger partial charge is 0.482 e. The molecule has 4 atom stereocenters. The molecular formula is C17H21NO5. The highest BCUT2D eigenvalue weighted by Gasteiger charge is 2.70. The summed E-state index contributed by atoms with van der Waals surface area (Å²) in [5.74, 6) is -3.96. The highest BCUT2D eigenvalue weighted by molar-refractivity contribution is 5.54. The molecule has 0 aromatic heterocycles. The van der Waals surface area contributed by atoms with Crippen LogP contribution in [0.4, 0.5) is 0 Å². The Bertz CT molecular complexity index is 691. The van der Waals surface area contributed by atoms with Crippen LogP contribution in [0.25, 0.3) is 0 Å². The number of aliphatic hydroxyl groups is 4. The van der Waals surface area contributed by atoms with Gasteiger partial charge in [0.15, 0.2) is 11.9 Å². The van der Waals surface area contributed by atoms with Crippen LogP contribution in [0.3, 0.4) is 0 Å². The van der Waals surface area contributed by atoms with E-state index in [9.17, 15) is 20.4 Å². The van der Waals surface area contributed by atoms with Crippen LogP contribution < -0.4 is 0 Å². The van der Waals surface area contributed by atoms with Gasteiger partial charge in [0.05, 0.1) is 5.41 Å². The van der Waals surface area contributed by atoms with Gasteiger partial charge in [-0.05, 0) is 38.1 Å². The standard InChI is InChI=1S/C17H21NO5/c1-18-7-6-15-10-3-5-17(21,22)14(15)23-13-12(15)9(8-11(10)18)2-4-16(13,19)20/h2-3,5,10-11,14,19-22H,4,6-8H2,1H3/t10-,11+,14+,15-/m0/s1. The zero-order valence-corrected chi connectivity index (χ0v) is 12.9. The van der Waals surface area contributed by atoms with E-state index >= 15 is 0 Å². The number of hydrogen-bond acceptors (Lipinski definition) is 6. The molecule has 0 unspecified atom stereocenters. The van der Waals surface area contributed by atoms with E-state index in [1.165, 1.54) is 6.08 Å². The van der Waals surface area contributed by atoms with Gasteiger partial charge in [-0.25, -0.2) is 0 Å². The van der Waals surface area contributed by atoms with E-state index in [0.717, 1.165) is 24.1 Å². The number of piperidine rings is 1. The number of nitrogens with zero attached hydrogens (tertiary/aromatic N) is 1. The second kappa shape index (κ2) is 3.90. The molecule has 0 aromatic rings. The topological polar surface area (TPSA) is 93.4 Å². The third-order valence-corrected chi connectivity index (χ3v) is 6.53. The van der Waals surface area contributed by atoms with Crippen molar-refractivity contribution in [2.24, 2.45) is 11.3 Å². The Hall–Kier alpha value is -1.18. The van der Waals surface area contributed by atoms with Crippen LogP contribution in [-0.2, 0) is 4.74 Å². The molecule has 2 aliphatic heterocycles. The highest BCUT2D eigenvalue weighted by atomic mass is 16.6. The predicted octanol–water partition coefficient (Wildman–Crippen LogP) is -0.389. The Morgan fingerprint density at radius 1 is 1.26 bits per heavy atom. The maximum Gasteiger partial charge on any atom is 0.226 e. The van der Waals surface area contributed by atoms with Crippen LogP contribution in [0.1, 0.15) is 19.3 Å². The molecular weight excluding hydrogens is 298 g/mol. The van der Waals surface area contributed by atoms with Crippen LogP contribution in [0.15, 0.2) is 35.1 Å². The number of likely N-dealkylation sites (tertiary alicyclic amines) is 1. The first-order valence-electron chi connectivity index (χ1n) is 8.18. The fraction of sp³-hybridized carbons (Fsp3) is 0.647. The summed E-state index contributed by atoms with van der Waals surface area (Å²) < 4.78 is 5.86. The molecule has 3 aliphatic carbocycles. The molecule has 2 bridgehead atoms. The van der Waals surface area contributed by atoms with Gasteiger partial charge >= 0.3 is 0 Å². The molecule has 1 spiro atoms. The summed E-state index contributed by atoms with van der Waals surface area (Å²) in [5, 5.41) is 41.7. The lowest BCUT2D eigenvalue weighted by molar-refractivity contribution is -0.247. The normalized spacial score (nSPS) is 45.4. The van der Waals surface area contributed by atoms with Gasteiger partial charge in [0.1, 0.15) is 0 Å². The van der Waals surface area contributed by atoms with Crippen LogP contribution in [0.2, 0.25) is 0 Å². The van der Waals surface area contributed by atoms with Gasteiger partial charge in [-0.1, -0.05) is 12.2 Å². The fourth-order valence-corrected chi connectivity index (χ4v) is 5.52. The van der Waals surface area contributed by atoms with E-state index in [2.05, 4.69) is 11.9 Å². The van der Waals surface area contributed by atoms with E-state index in [1.54, 1.807) is 0 Å². The number of rotatable bonds is 0. The van der Waals surface area contributed by atoms with Crippen molar-refractivity contribution in [1.29, 1.82) is 0 Å². The molecule has 5 aliphatic rings. The first kappa shape index (κ1) is 14.2. The molecule has 6 heteroatoms. The van der Waals surface area contributed by atoms with Crippen LogP contribution >= 0.6 is 0 Å². The van der Waals surface area contributed by atoms with E-state index in [0.29, 0.717) is 6.42 Å². The Kier molecular flexibility index (Phi) is 2.40. The van der Waals surface area contributed by atoms with Crippen molar-refractivity contribution < 1.29 is 25.2 Å². The molecule has 5 rings (SSSR count). The summed E-state index contributed by atoms with van der Waals surface area (Å²) in [4.78, 5) is 2.31. The maximum atomic E-state index is 10.5. The van der Waals surface area contributed by atoms with Crippen molar-refractivity contribution in [1.82, 2.24) is 4.90 Å². The molecule has 6 nitrogen and oxygen atoms in total. The summed E-state index contributed by atoms with van der Waals surface area (Å²) in [7, 11) is 2.09. The first-order chi connectivity index (χ1) is 10.8. The summed E-state index contributed by atoms with van der Waals surface area (Å²) in [6.45, 7) is 0.818. The van der Waals surface area contributed by atoms with Crippen molar-refractivity contribution in [3.05, 3.63) is 35.1 Å². The summed E-state index contributed by atoms with van der Waals surface area (Å²) >= 11 is 0. The summed E-state index contributed by atoms with van der Waals surface area (Å²) in [5.41, 5.74) is 1.29. The van der Waals surface area contributed by atoms with Gasteiger partial charge < -0.3 is 30.1 Å². The molecule has 0 amide bonds. The van der Waals surface area contributed by atoms with Gasteiger partial charge in [0, 0.05) is 24.0 Å². The fourth-order valence-electron chi connectivity index (χ4n) is 5.52. The lowest BCUT2D eigenvalue weighted by Crippen LogP contribution is -2.65. The van der Waals surface area contributed by atoms with E-state index < -0.39 is 23.1 Å². The molecule has 1 saturated carbocycles. The number of hydrogen-bond donors (Lipinski definition) is 4. The van der Waals surface area contributed by atoms with Gasteiger partial charge in [0.2, 0.25) is 11.6 Å². The predicted molar refractivity (Wildman–Crippen MR) is 79.7 cm³/mol. The minimum atomic E-state index is -2.10. The molecule has 124 valence electrons. The van der Waals surface area contributed by atoms with Gasteiger partial charge in [-0.15, -0.1) is 0 Å². The first-order valence-corrected chi connectivity index (χ1v) is 8.18. The van der Waals surface area contributed by atoms with Crippen LogP contribution in [-0.4, -0.2) is 62.6 Å². The molecule has 0 aromatic carbocycles. The second-order valence-corrected chi connectivity index (χ2v) is 7.66. The number of ether oxygens (including phenoxy) is 1. The van der Waals surface area contributed by atoms with Crippen molar-refractivity contribution >= 4 is 0 Å². The second-order valence-electron chi connectivity index (χ2n) is 7.66. The Balaban J connectivity index is 1.80. The highest BCUT2D eigenvalue weighted by Crippen LogP contribution is 2.66. The van der Waals surface area contributed by atoms with E-state index in [-0.39, 0.29) is 24.1 Å². The quantitative estimate of drug-likeness (QED) is 0.359. The summed E-state index contributed by atoms with van der Waals surface area (Å²) in [6, 6.07) is 0.265. The van der Waals surface area contributed by atoms with Crippen LogP contribution in [0.5, 0.6) is 0 Å². The molecule has 23 heavy (non-hydrogen) atoms. The van der Waals surface area contributed by atoms with E-state index in [4.69, 9.17) is 4.74 Å². The maximum absolute atomic E-state index is 10.5. The van der Waals surface area contributed by atoms with E-state index in [1.807, 2.05) is 12.2 Å². The molecule has 2 heterocycles. The van der Waals surface area contributed by atoms with Crippen molar-refractivity contribution in [2.75, 3.05) is 13.6 Å². The summed E-state index contributed by atoms with van der Waals surface area (Å²) in [6.07, 6.45) is 5.86. The van der Waals surface area contributed by atoms with Crippen LogP contribution in [0, 0.1) is 11.3 Å². The minimum Gasteiger partial charge on any atom is -0.482 e. The molecule has 4 N–H and O–H groups in total.